The molecule has 1 N–H and O–H groups in total. The smallest absolute Gasteiger partial charge is 0.0210 e. The average Bonchev–Trinajstić information content (AvgIpc) is 3.10. The Kier molecular flexibility index (Phi) is 5.83. The Morgan fingerprint density at radius 3 is 2.11 bits per heavy atom. The van der Waals surface area contributed by atoms with Gasteiger partial charge in [0.1, 0.15) is 0 Å². The molecule has 0 aromatic carbocycles. The maximum absolute atomic E-state index is 3.79. The number of hydrogen-bond acceptors (Lipinski definition) is 3. The molecule has 0 saturated carbocycles. The van der Waals surface area contributed by atoms with Crippen LogP contribution in [0.25, 0.3) is 0 Å². The van der Waals surface area contributed by atoms with Crippen LogP contribution in [0.4, 0.5) is 0 Å². The van der Waals surface area contributed by atoms with Crippen molar-refractivity contribution in [3.05, 3.63) is 0 Å². The average molecular weight is 378 g/mol. The van der Waals surface area contributed by atoms with Crippen molar-refractivity contribution in [2.75, 3.05) is 33.2 Å². The van der Waals surface area contributed by atoms with Crippen molar-refractivity contribution in [3.8, 4) is 0 Å². The Morgan fingerprint density at radius 2 is 1.56 bits per heavy atom. The number of likely N-dealkylation sites (tertiary alicyclic amines) is 2. The van der Waals surface area contributed by atoms with E-state index < -0.39 is 0 Å². The van der Waals surface area contributed by atoms with Crippen molar-refractivity contribution < 1.29 is 0 Å². The van der Waals surface area contributed by atoms with Gasteiger partial charge in [-0.05, 0) is 103 Å². The summed E-state index contributed by atoms with van der Waals surface area (Å²) in [6, 6.07) is 0. The molecule has 27 heavy (non-hydrogen) atoms. The zero-order valence-electron chi connectivity index (χ0n) is 19.7. The van der Waals surface area contributed by atoms with Crippen molar-refractivity contribution in [3.63, 3.8) is 0 Å². The van der Waals surface area contributed by atoms with Gasteiger partial charge >= 0.3 is 0 Å². The van der Waals surface area contributed by atoms with Gasteiger partial charge in [-0.3, -0.25) is 4.90 Å². The Labute approximate surface area is 169 Å². The predicted octanol–water partition coefficient (Wildman–Crippen LogP) is 4.48. The van der Waals surface area contributed by atoms with Crippen molar-refractivity contribution in [2.45, 2.75) is 91.3 Å². The molecule has 3 heterocycles. The summed E-state index contributed by atoms with van der Waals surface area (Å²) in [6.45, 7) is 24.7. The summed E-state index contributed by atoms with van der Waals surface area (Å²) in [4.78, 5) is 5.49. The Balaban J connectivity index is 1.73. The molecule has 3 fully saturated rings. The predicted molar refractivity (Wildman–Crippen MR) is 117 cm³/mol. The fraction of sp³-hybridized carbons (Fsp3) is 1.00. The van der Waals surface area contributed by atoms with Gasteiger partial charge in [0, 0.05) is 23.2 Å². The normalized spacial score (nSPS) is 48.6. The molecule has 5 unspecified atom stereocenters. The van der Waals surface area contributed by atoms with Gasteiger partial charge in [0.2, 0.25) is 0 Å². The topological polar surface area (TPSA) is 18.5 Å². The maximum Gasteiger partial charge on any atom is 0.0210 e. The molecule has 0 aromatic rings. The summed E-state index contributed by atoms with van der Waals surface area (Å²) >= 11 is 0. The van der Waals surface area contributed by atoms with Crippen molar-refractivity contribution >= 4 is 0 Å². The third-order valence-corrected chi connectivity index (χ3v) is 10.1. The van der Waals surface area contributed by atoms with Crippen molar-refractivity contribution in [2.24, 2.45) is 29.6 Å². The minimum atomic E-state index is 0.287. The van der Waals surface area contributed by atoms with E-state index in [9.17, 15) is 0 Å². The van der Waals surface area contributed by atoms with E-state index in [1.807, 2.05) is 0 Å². The lowest BCUT2D eigenvalue weighted by Gasteiger charge is -2.43. The molecule has 0 amide bonds. The van der Waals surface area contributed by atoms with Gasteiger partial charge in [-0.2, -0.15) is 0 Å². The highest BCUT2D eigenvalue weighted by atomic mass is 15.2. The molecule has 3 saturated heterocycles. The van der Waals surface area contributed by atoms with E-state index in [0.717, 1.165) is 29.6 Å². The molecule has 3 rings (SSSR count). The molecule has 158 valence electrons. The Morgan fingerprint density at radius 1 is 0.926 bits per heavy atom. The summed E-state index contributed by atoms with van der Waals surface area (Å²) < 4.78 is 0. The van der Waals surface area contributed by atoms with Crippen LogP contribution in [-0.4, -0.2) is 59.6 Å². The first-order chi connectivity index (χ1) is 12.5. The summed E-state index contributed by atoms with van der Waals surface area (Å²) in [5.74, 6) is 3.94. The van der Waals surface area contributed by atoms with Gasteiger partial charge < -0.3 is 10.2 Å². The highest BCUT2D eigenvalue weighted by Crippen LogP contribution is 2.49. The van der Waals surface area contributed by atoms with Crippen LogP contribution in [0, 0.1) is 29.6 Å². The van der Waals surface area contributed by atoms with E-state index in [0.29, 0.717) is 11.1 Å². The SMILES string of the molecule is CCN1CC[C@H](C)C1(C)CC1CN(C)C(C)(CC2CNC(C)(C)C2C)[C@@H]1C. The third kappa shape index (κ3) is 3.51. The minimum Gasteiger partial charge on any atom is -0.311 e. The second kappa shape index (κ2) is 7.29. The van der Waals surface area contributed by atoms with Crippen LogP contribution in [0.1, 0.15) is 74.7 Å². The number of nitrogens with one attached hydrogen (secondary N) is 1. The second-order valence-corrected chi connectivity index (χ2v) is 11.5. The zero-order chi connectivity index (χ0) is 20.2. The van der Waals surface area contributed by atoms with E-state index in [2.05, 4.69) is 77.6 Å². The van der Waals surface area contributed by atoms with E-state index in [1.165, 1.54) is 45.4 Å². The van der Waals surface area contributed by atoms with Gasteiger partial charge in [-0.25, -0.2) is 0 Å². The second-order valence-electron chi connectivity index (χ2n) is 11.5. The van der Waals surface area contributed by atoms with Gasteiger partial charge in [-0.1, -0.05) is 27.7 Å². The van der Waals surface area contributed by atoms with Crippen LogP contribution < -0.4 is 5.32 Å². The van der Waals surface area contributed by atoms with E-state index in [1.54, 1.807) is 0 Å². The first kappa shape index (κ1) is 21.6. The lowest BCUT2D eigenvalue weighted by atomic mass is 9.70. The van der Waals surface area contributed by atoms with Gasteiger partial charge in [0.15, 0.2) is 0 Å². The van der Waals surface area contributed by atoms with Gasteiger partial charge in [-0.15, -0.1) is 0 Å². The van der Waals surface area contributed by atoms with Crippen LogP contribution in [-0.2, 0) is 0 Å². The minimum absolute atomic E-state index is 0.287. The standard InChI is InChI=1S/C24H47N3/c1-10-27-12-11-17(2)23(27,7)14-21-16-26(9)24(8,19(21)4)13-20-15-25-22(5,6)18(20)3/h17-21,25H,10-16H2,1-9H3/t17-,18?,19+,20?,21?,23?,24?/m0/s1. The molecule has 7 atom stereocenters. The molecule has 3 aliphatic heterocycles. The van der Waals surface area contributed by atoms with E-state index in [-0.39, 0.29) is 5.54 Å². The molecule has 0 aromatic heterocycles. The molecule has 0 radical (unpaired) electrons. The number of nitrogens with zero attached hydrogens (tertiary/aromatic N) is 2. The summed E-state index contributed by atoms with van der Waals surface area (Å²) in [7, 11) is 2.40. The molecule has 0 aliphatic carbocycles. The van der Waals surface area contributed by atoms with Crippen LogP contribution in [0.2, 0.25) is 0 Å². The summed E-state index contributed by atoms with van der Waals surface area (Å²) in [5.41, 5.74) is 1.01. The number of hydrogen-bond donors (Lipinski definition) is 1. The van der Waals surface area contributed by atoms with Gasteiger partial charge in [0.25, 0.3) is 0 Å². The van der Waals surface area contributed by atoms with Crippen LogP contribution >= 0.6 is 0 Å². The fourth-order valence-electron chi connectivity index (χ4n) is 6.87. The maximum atomic E-state index is 3.79. The van der Waals surface area contributed by atoms with E-state index in [4.69, 9.17) is 0 Å². The fourth-order valence-corrected chi connectivity index (χ4v) is 6.87. The number of rotatable bonds is 5. The lowest BCUT2D eigenvalue weighted by molar-refractivity contribution is 0.0829. The first-order valence-corrected chi connectivity index (χ1v) is 11.7. The Bertz CT molecular complexity index is 532. The van der Waals surface area contributed by atoms with Crippen molar-refractivity contribution in [1.82, 2.24) is 15.1 Å². The largest absolute Gasteiger partial charge is 0.311 e. The molecular formula is C24H47N3. The Hall–Kier alpha value is -0.120. The third-order valence-electron chi connectivity index (χ3n) is 10.1. The summed E-state index contributed by atoms with van der Waals surface area (Å²) in [6.07, 6.45) is 4.08. The van der Waals surface area contributed by atoms with Crippen LogP contribution in [0.3, 0.4) is 0 Å². The monoisotopic (exact) mass is 377 g/mol. The molecule has 0 bridgehead atoms. The molecule has 0 spiro atoms. The van der Waals surface area contributed by atoms with Gasteiger partial charge in [0.05, 0.1) is 0 Å². The highest BCUT2D eigenvalue weighted by molar-refractivity contribution is 5.08. The molecule has 3 heteroatoms. The summed E-state index contributed by atoms with van der Waals surface area (Å²) in [5, 5.41) is 3.79. The first-order valence-electron chi connectivity index (χ1n) is 11.7. The van der Waals surface area contributed by atoms with E-state index >= 15 is 0 Å². The molecule has 3 nitrogen and oxygen atoms in total. The highest BCUT2D eigenvalue weighted by Gasteiger charge is 2.53. The molecule has 3 aliphatic rings. The van der Waals surface area contributed by atoms with Crippen molar-refractivity contribution in [1.29, 1.82) is 0 Å². The molecular weight excluding hydrogens is 330 g/mol. The lowest BCUT2D eigenvalue weighted by Crippen LogP contribution is -2.47. The van der Waals surface area contributed by atoms with Crippen LogP contribution in [0.5, 0.6) is 0 Å². The van der Waals surface area contributed by atoms with Crippen LogP contribution in [0.15, 0.2) is 0 Å². The zero-order valence-corrected chi connectivity index (χ0v) is 19.7. The quantitative estimate of drug-likeness (QED) is 0.762.